The van der Waals surface area contributed by atoms with Gasteiger partial charge >= 0.3 is 5.97 Å². The number of anilines is 1. The standard InChI is InChI=1S/C17H16ClFN2O3S/c18-15-6-5-14(25-15)17(23)24-11-16(22)21-9-7-20(8-10-21)13-4-2-1-3-12(13)19/h1-6H,7-11H2. The molecule has 1 aliphatic heterocycles. The number of rotatable bonds is 4. The topological polar surface area (TPSA) is 49.9 Å². The molecular weight excluding hydrogens is 367 g/mol. The Balaban J connectivity index is 1.48. The number of esters is 1. The van der Waals surface area contributed by atoms with Gasteiger partial charge in [-0.25, -0.2) is 9.18 Å². The fourth-order valence-corrected chi connectivity index (χ4v) is 3.56. The van der Waals surface area contributed by atoms with E-state index in [0.29, 0.717) is 41.1 Å². The lowest BCUT2D eigenvalue weighted by Gasteiger charge is -2.36. The Morgan fingerprint density at radius 3 is 2.48 bits per heavy atom. The van der Waals surface area contributed by atoms with Gasteiger partial charge in [0.2, 0.25) is 0 Å². The largest absolute Gasteiger partial charge is 0.451 e. The van der Waals surface area contributed by atoms with Crippen LogP contribution in [0.4, 0.5) is 10.1 Å². The number of carbonyl (C=O) groups is 2. The zero-order valence-corrected chi connectivity index (χ0v) is 14.9. The molecule has 1 aromatic carbocycles. The maximum absolute atomic E-state index is 13.8. The van der Waals surface area contributed by atoms with Crippen LogP contribution >= 0.6 is 22.9 Å². The molecule has 0 unspecified atom stereocenters. The molecule has 0 atom stereocenters. The van der Waals surface area contributed by atoms with Crippen molar-refractivity contribution in [3.05, 3.63) is 51.4 Å². The van der Waals surface area contributed by atoms with Gasteiger partial charge in [0.25, 0.3) is 5.91 Å². The Morgan fingerprint density at radius 1 is 1.12 bits per heavy atom. The average Bonchev–Trinajstić information content (AvgIpc) is 3.06. The van der Waals surface area contributed by atoms with Crippen LogP contribution in [0.3, 0.4) is 0 Å². The van der Waals surface area contributed by atoms with E-state index < -0.39 is 5.97 Å². The van der Waals surface area contributed by atoms with Crippen LogP contribution in [0, 0.1) is 5.82 Å². The summed E-state index contributed by atoms with van der Waals surface area (Å²) in [7, 11) is 0. The third-order valence-corrected chi connectivity index (χ3v) is 5.14. The van der Waals surface area contributed by atoms with E-state index in [1.807, 2.05) is 4.90 Å². The number of carbonyl (C=O) groups excluding carboxylic acids is 2. The summed E-state index contributed by atoms with van der Waals surface area (Å²) in [5.41, 5.74) is 0.538. The fraction of sp³-hybridized carbons (Fsp3) is 0.294. The zero-order valence-electron chi connectivity index (χ0n) is 13.3. The van der Waals surface area contributed by atoms with E-state index in [2.05, 4.69) is 0 Å². The van der Waals surface area contributed by atoms with Crippen LogP contribution in [0.25, 0.3) is 0 Å². The Morgan fingerprint density at radius 2 is 1.84 bits per heavy atom. The summed E-state index contributed by atoms with van der Waals surface area (Å²) in [6.45, 7) is 1.65. The lowest BCUT2D eigenvalue weighted by atomic mass is 10.2. The lowest BCUT2D eigenvalue weighted by molar-refractivity contribution is -0.134. The van der Waals surface area contributed by atoms with Crippen LogP contribution in [-0.4, -0.2) is 49.6 Å². The lowest BCUT2D eigenvalue weighted by Crippen LogP contribution is -2.50. The van der Waals surface area contributed by atoms with Gasteiger partial charge in [0.15, 0.2) is 6.61 Å². The number of benzene rings is 1. The molecule has 25 heavy (non-hydrogen) atoms. The molecule has 2 aromatic rings. The highest BCUT2D eigenvalue weighted by Gasteiger charge is 2.23. The minimum absolute atomic E-state index is 0.260. The van der Waals surface area contributed by atoms with Crippen LogP contribution in [0.2, 0.25) is 4.34 Å². The highest BCUT2D eigenvalue weighted by atomic mass is 35.5. The first-order chi connectivity index (χ1) is 12.0. The van der Waals surface area contributed by atoms with Crippen molar-refractivity contribution in [1.29, 1.82) is 0 Å². The predicted octanol–water partition coefficient (Wildman–Crippen LogP) is 3.05. The number of piperazine rings is 1. The number of amides is 1. The average molecular weight is 383 g/mol. The van der Waals surface area contributed by atoms with Crippen molar-refractivity contribution in [3.8, 4) is 0 Å². The van der Waals surface area contributed by atoms with Gasteiger partial charge in [-0.2, -0.15) is 0 Å². The summed E-state index contributed by atoms with van der Waals surface area (Å²) in [5, 5.41) is 0. The number of halogens is 2. The smallest absolute Gasteiger partial charge is 0.348 e. The quantitative estimate of drug-likeness (QED) is 0.763. The van der Waals surface area contributed by atoms with E-state index in [-0.39, 0.29) is 18.3 Å². The van der Waals surface area contributed by atoms with Crippen LogP contribution in [0.15, 0.2) is 36.4 Å². The van der Waals surface area contributed by atoms with E-state index in [1.165, 1.54) is 6.07 Å². The van der Waals surface area contributed by atoms with Crippen molar-refractivity contribution >= 4 is 40.5 Å². The normalized spacial score (nSPS) is 14.5. The molecule has 1 aliphatic rings. The van der Waals surface area contributed by atoms with Crippen LogP contribution in [0.5, 0.6) is 0 Å². The van der Waals surface area contributed by atoms with Crippen molar-refractivity contribution in [2.24, 2.45) is 0 Å². The molecule has 0 saturated carbocycles. The molecular formula is C17H16ClFN2O3S. The zero-order chi connectivity index (χ0) is 17.8. The minimum Gasteiger partial charge on any atom is -0.451 e. The molecule has 1 amide bonds. The second-order valence-electron chi connectivity index (χ2n) is 5.50. The molecule has 3 rings (SSSR count). The van der Waals surface area contributed by atoms with Crippen molar-refractivity contribution in [1.82, 2.24) is 4.90 Å². The minimum atomic E-state index is -0.560. The highest BCUT2D eigenvalue weighted by Crippen LogP contribution is 2.22. The molecule has 0 aliphatic carbocycles. The van der Waals surface area contributed by atoms with Crippen LogP contribution in [0.1, 0.15) is 9.67 Å². The molecule has 0 radical (unpaired) electrons. The summed E-state index contributed by atoms with van der Waals surface area (Å²) in [5.74, 6) is -1.09. The molecule has 0 spiro atoms. The summed E-state index contributed by atoms with van der Waals surface area (Å²) in [6, 6.07) is 9.74. The van der Waals surface area contributed by atoms with Crippen molar-refractivity contribution < 1.29 is 18.7 Å². The summed E-state index contributed by atoms with van der Waals surface area (Å²) < 4.78 is 19.3. The van der Waals surface area contributed by atoms with Crippen LogP contribution in [-0.2, 0) is 9.53 Å². The third-order valence-electron chi connectivity index (χ3n) is 3.93. The molecule has 0 N–H and O–H groups in total. The van der Waals surface area contributed by atoms with Crippen LogP contribution < -0.4 is 4.90 Å². The van der Waals surface area contributed by atoms with Gasteiger partial charge in [0.1, 0.15) is 10.7 Å². The first-order valence-corrected chi connectivity index (χ1v) is 8.94. The monoisotopic (exact) mass is 382 g/mol. The first-order valence-electron chi connectivity index (χ1n) is 7.74. The van der Waals surface area contributed by atoms with Gasteiger partial charge in [-0.1, -0.05) is 23.7 Å². The Hall–Kier alpha value is -2.12. The van der Waals surface area contributed by atoms with Gasteiger partial charge < -0.3 is 14.5 Å². The predicted molar refractivity (Wildman–Crippen MR) is 94.8 cm³/mol. The number of thiophene rings is 1. The third kappa shape index (κ3) is 4.29. The molecule has 0 bridgehead atoms. The second kappa shape index (κ2) is 7.84. The molecule has 132 valence electrons. The number of ether oxygens (including phenoxy) is 1. The molecule has 2 heterocycles. The number of hydrogen-bond donors (Lipinski definition) is 0. The maximum Gasteiger partial charge on any atom is 0.348 e. The van der Waals surface area contributed by atoms with E-state index in [4.69, 9.17) is 16.3 Å². The van der Waals surface area contributed by atoms with Crippen molar-refractivity contribution in [2.75, 3.05) is 37.7 Å². The van der Waals surface area contributed by atoms with Gasteiger partial charge in [0, 0.05) is 26.2 Å². The molecule has 8 heteroatoms. The van der Waals surface area contributed by atoms with E-state index in [1.54, 1.807) is 35.2 Å². The van der Waals surface area contributed by atoms with Gasteiger partial charge in [-0.15, -0.1) is 11.3 Å². The highest BCUT2D eigenvalue weighted by molar-refractivity contribution is 7.17. The Bertz CT molecular complexity index is 775. The fourth-order valence-electron chi connectivity index (χ4n) is 2.62. The van der Waals surface area contributed by atoms with Gasteiger partial charge in [-0.3, -0.25) is 4.79 Å². The van der Waals surface area contributed by atoms with E-state index in [0.717, 1.165) is 11.3 Å². The van der Waals surface area contributed by atoms with Gasteiger partial charge in [-0.05, 0) is 24.3 Å². The molecule has 1 aromatic heterocycles. The maximum atomic E-state index is 13.8. The number of hydrogen-bond acceptors (Lipinski definition) is 5. The van der Waals surface area contributed by atoms with E-state index >= 15 is 0 Å². The number of nitrogens with zero attached hydrogens (tertiary/aromatic N) is 2. The molecule has 5 nitrogen and oxygen atoms in total. The SMILES string of the molecule is O=C(OCC(=O)N1CCN(c2ccccc2F)CC1)c1ccc(Cl)s1. The summed E-state index contributed by atoms with van der Waals surface area (Å²) in [4.78, 5) is 27.9. The molecule has 1 fully saturated rings. The molecule has 1 saturated heterocycles. The van der Waals surface area contributed by atoms with Crippen molar-refractivity contribution in [2.45, 2.75) is 0 Å². The first kappa shape index (κ1) is 17.7. The number of para-hydroxylation sites is 1. The Labute approximate surface area is 153 Å². The Kier molecular flexibility index (Phi) is 5.55. The van der Waals surface area contributed by atoms with Crippen molar-refractivity contribution in [3.63, 3.8) is 0 Å². The second-order valence-corrected chi connectivity index (χ2v) is 7.21. The van der Waals surface area contributed by atoms with E-state index in [9.17, 15) is 14.0 Å². The summed E-state index contributed by atoms with van der Waals surface area (Å²) in [6.07, 6.45) is 0. The summed E-state index contributed by atoms with van der Waals surface area (Å²) >= 11 is 6.87. The van der Waals surface area contributed by atoms with Gasteiger partial charge in [0.05, 0.1) is 10.0 Å².